The minimum Gasteiger partial charge on any atom is -0.497 e. The lowest BCUT2D eigenvalue weighted by atomic mass is 9.83. The van der Waals surface area contributed by atoms with Gasteiger partial charge in [-0.15, -0.1) is 0 Å². The number of allylic oxidation sites excluding steroid dienone is 2. The Kier molecular flexibility index (Phi) is 4.49. The molecule has 0 amide bonds. The molecular weight excluding hydrogens is 262 g/mol. The van der Waals surface area contributed by atoms with Gasteiger partial charge in [-0.25, -0.2) is 0 Å². The second kappa shape index (κ2) is 6.52. The van der Waals surface area contributed by atoms with Crippen LogP contribution in [0.1, 0.15) is 44.2 Å². The minimum absolute atomic E-state index is 0.319. The van der Waals surface area contributed by atoms with Crippen molar-refractivity contribution in [2.24, 2.45) is 5.92 Å². The molecule has 1 aliphatic heterocycles. The molecule has 21 heavy (non-hydrogen) atoms. The lowest BCUT2D eigenvalue weighted by Crippen LogP contribution is -2.37. The Bertz CT molecular complexity index is 512. The van der Waals surface area contributed by atoms with Crippen molar-refractivity contribution in [3.63, 3.8) is 0 Å². The molecule has 1 aromatic carbocycles. The topological polar surface area (TPSA) is 30.5 Å². The summed E-state index contributed by atoms with van der Waals surface area (Å²) in [5.74, 6) is 2.57. The summed E-state index contributed by atoms with van der Waals surface area (Å²) in [4.78, 5) is 0. The molecule has 3 rings (SSSR count). The lowest BCUT2D eigenvalue weighted by molar-refractivity contribution is 0.0875. The van der Waals surface area contributed by atoms with E-state index in [1.165, 1.54) is 18.4 Å². The first-order valence-electron chi connectivity index (χ1n) is 8.04. The Labute approximate surface area is 127 Å². The molecule has 0 bridgehead atoms. The maximum atomic E-state index is 6.32. The number of benzene rings is 1. The molecule has 2 aliphatic rings. The smallest absolute Gasteiger partial charge is 0.124 e. The summed E-state index contributed by atoms with van der Waals surface area (Å²) in [5.41, 5.74) is 1.24. The first-order valence-corrected chi connectivity index (χ1v) is 8.04. The van der Waals surface area contributed by atoms with Crippen molar-refractivity contribution in [3.8, 4) is 11.5 Å². The highest BCUT2D eigenvalue weighted by Crippen LogP contribution is 2.40. The molecule has 0 saturated carbocycles. The van der Waals surface area contributed by atoms with Crippen molar-refractivity contribution >= 4 is 0 Å². The molecular formula is C18H25NO2. The standard InChI is InChI=1S/C18H25NO2/c1-3-19-16-12-18(13-7-5-4-6-8-13)21-17-10-9-14(20-2)11-15(16)17/h4-5,9-11,13,16,18-19H,3,6-8,12H2,1-2H3. The first-order chi connectivity index (χ1) is 10.3. The fourth-order valence-corrected chi connectivity index (χ4v) is 3.49. The number of nitrogens with one attached hydrogen (secondary N) is 1. The van der Waals surface area contributed by atoms with Gasteiger partial charge in [0.05, 0.1) is 7.11 Å². The molecule has 3 heteroatoms. The Morgan fingerprint density at radius 2 is 2.24 bits per heavy atom. The quantitative estimate of drug-likeness (QED) is 0.853. The Balaban J connectivity index is 1.84. The number of hydrogen-bond donors (Lipinski definition) is 1. The summed E-state index contributed by atoms with van der Waals surface area (Å²) >= 11 is 0. The summed E-state index contributed by atoms with van der Waals surface area (Å²) in [6.07, 6.45) is 9.54. The monoisotopic (exact) mass is 287 g/mol. The second-order valence-electron chi connectivity index (χ2n) is 5.95. The van der Waals surface area contributed by atoms with Gasteiger partial charge in [0.25, 0.3) is 0 Å². The summed E-state index contributed by atoms with van der Waals surface area (Å²) in [5, 5.41) is 3.61. The highest BCUT2D eigenvalue weighted by atomic mass is 16.5. The Hall–Kier alpha value is -1.48. The van der Waals surface area contributed by atoms with E-state index in [4.69, 9.17) is 9.47 Å². The number of methoxy groups -OCH3 is 1. The molecule has 0 radical (unpaired) electrons. The lowest BCUT2D eigenvalue weighted by Gasteiger charge is -2.37. The third kappa shape index (κ3) is 3.08. The van der Waals surface area contributed by atoms with E-state index in [1.807, 2.05) is 6.07 Å². The molecule has 1 N–H and O–H groups in total. The zero-order chi connectivity index (χ0) is 14.7. The summed E-state index contributed by atoms with van der Waals surface area (Å²) in [6.45, 7) is 3.13. The molecule has 1 aliphatic carbocycles. The van der Waals surface area contributed by atoms with E-state index in [1.54, 1.807) is 7.11 Å². The molecule has 3 unspecified atom stereocenters. The van der Waals surface area contributed by atoms with Gasteiger partial charge in [-0.2, -0.15) is 0 Å². The largest absolute Gasteiger partial charge is 0.497 e. The summed E-state index contributed by atoms with van der Waals surface area (Å²) < 4.78 is 11.7. The van der Waals surface area contributed by atoms with Crippen LogP contribution in [-0.2, 0) is 0 Å². The summed E-state index contributed by atoms with van der Waals surface area (Å²) in [6, 6.07) is 6.53. The first kappa shape index (κ1) is 14.5. The van der Waals surface area contributed by atoms with Gasteiger partial charge < -0.3 is 14.8 Å². The summed E-state index contributed by atoms with van der Waals surface area (Å²) in [7, 11) is 1.71. The van der Waals surface area contributed by atoms with Crippen molar-refractivity contribution in [2.45, 2.75) is 44.8 Å². The van der Waals surface area contributed by atoms with Crippen LogP contribution in [0, 0.1) is 5.92 Å². The van der Waals surface area contributed by atoms with Crippen LogP contribution in [0.5, 0.6) is 11.5 Å². The van der Waals surface area contributed by atoms with Gasteiger partial charge in [-0.05, 0) is 49.9 Å². The van der Waals surface area contributed by atoms with E-state index in [-0.39, 0.29) is 0 Å². The van der Waals surface area contributed by atoms with Crippen LogP contribution in [0.15, 0.2) is 30.4 Å². The third-order valence-corrected chi connectivity index (χ3v) is 4.62. The van der Waals surface area contributed by atoms with Gasteiger partial charge >= 0.3 is 0 Å². The van der Waals surface area contributed by atoms with E-state index in [0.717, 1.165) is 30.9 Å². The predicted molar refractivity (Wildman–Crippen MR) is 84.9 cm³/mol. The second-order valence-corrected chi connectivity index (χ2v) is 5.95. The van der Waals surface area contributed by atoms with Gasteiger partial charge in [0.1, 0.15) is 17.6 Å². The van der Waals surface area contributed by atoms with Crippen LogP contribution in [0.4, 0.5) is 0 Å². The average molecular weight is 287 g/mol. The molecule has 0 spiro atoms. The Morgan fingerprint density at radius 3 is 2.95 bits per heavy atom. The zero-order valence-electron chi connectivity index (χ0n) is 13.0. The fourth-order valence-electron chi connectivity index (χ4n) is 3.49. The third-order valence-electron chi connectivity index (χ3n) is 4.62. The van der Waals surface area contributed by atoms with Crippen molar-refractivity contribution in [3.05, 3.63) is 35.9 Å². The molecule has 3 nitrogen and oxygen atoms in total. The van der Waals surface area contributed by atoms with Gasteiger partial charge in [0.2, 0.25) is 0 Å². The molecule has 114 valence electrons. The highest BCUT2D eigenvalue weighted by Gasteiger charge is 2.33. The van der Waals surface area contributed by atoms with E-state index in [2.05, 4.69) is 36.5 Å². The van der Waals surface area contributed by atoms with Crippen LogP contribution in [0.3, 0.4) is 0 Å². The van der Waals surface area contributed by atoms with E-state index >= 15 is 0 Å². The van der Waals surface area contributed by atoms with Crippen LogP contribution in [0.2, 0.25) is 0 Å². The van der Waals surface area contributed by atoms with Crippen molar-refractivity contribution in [1.82, 2.24) is 5.32 Å². The van der Waals surface area contributed by atoms with Crippen LogP contribution in [0.25, 0.3) is 0 Å². The van der Waals surface area contributed by atoms with Crippen molar-refractivity contribution in [2.75, 3.05) is 13.7 Å². The van der Waals surface area contributed by atoms with Gasteiger partial charge in [-0.3, -0.25) is 0 Å². The Morgan fingerprint density at radius 1 is 1.33 bits per heavy atom. The van der Waals surface area contributed by atoms with Crippen LogP contribution >= 0.6 is 0 Å². The van der Waals surface area contributed by atoms with E-state index in [0.29, 0.717) is 18.1 Å². The minimum atomic E-state index is 0.319. The number of fused-ring (bicyclic) bond motifs is 1. The van der Waals surface area contributed by atoms with Crippen molar-refractivity contribution < 1.29 is 9.47 Å². The van der Waals surface area contributed by atoms with Crippen LogP contribution < -0.4 is 14.8 Å². The average Bonchev–Trinajstić information content (AvgIpc) is 2.55. The molecule has 0 aromatic heterocycles. The molecule has 1 heterocycles. The molecule has 0 fully saturated rings. The van der Waals surface area contributed by atoms with Crippen molar-refractivity contribution in [1.29, 1.82) is 0 Å². The molecule has 1 aromatic rings. The van der Waals surface area contributed by atoms with Crippen LogP contribution in [-0.4, -0.2) is 19.8 Å². The van der Waals surface area contributed by atoms with Gasteiger partial charge in [0.15, 0.2) is 0 Å². The molecule has 0 saturated heterocycles. The number of hydrogen-bond acceptors (Lipinski definition) is 3. The van der Waals surface area contributed by atoms with E-state index in [9.17, 15) is 0 Å². The zero-order valence-corrected chi connectivity index (χ0v) is 13.0. The SMILES string of the molecule is CCNC1CC(C2CC=CCC2)Oc2ccc(OC)cc21. The van der Waals surface area contributed by atoms with E-state index < -0.39 is 0 Å². The normalized spacial score (nSPS) is 27.8. The number of ether oxygens (including phenoxy) is 2. The van der Waals surface area contributed by atoms with Gasteiger partial charge in [-0.1, -0.05) is 19.1 Å². The highest BCUT2D eigenvalue weighted by molar-refractivity contribution is 5.43. The molecule has 3 atom stereocenters. The predicted octanol–water partition coefficient (Wildman–Crippen LogP) is 3.85. The number of rotatable bonds is 4. The maximum Gasteiger partial charge on any atom is 0.124 e. The fraction of sp³-hybridized carbons (Fsp3) is 0.556. The van der Waals surface area contributed by atoms with Gasteiger partial charge in [0, 0.05) is 18.0 Å². The maximum absolute atomic E-state index is 6.32.